The lowest BCUT2D eigenvalue weighted by atomic mass is 9.93. The first-order valence-electron chi connectivity index (χ1n) is 6.40. The molecule has 2 atom stereocenters. The SMILES string of the molecule is CCOC(=O)C(=O)C1=C(c2cccs2)C2C=CC1C2. The Kier molecular flexibility index (Phi) is 3.11. The summed E-state index contributed by atoms with van der Waals surface area (Å²) in [7, 11) is 0. The monoisotopic (exact) mass is 274 g/mol. The number of fused-ring (bicyclic) bond motifs is 2. The highest BCUT2D eigenvalue weighted by Gasteiger charge is 2.41. The van der Waals surface area contributed by atoms with E-state index in [1.165, 1.54) is 0 Å². The number of esters is 1. The van der Waals surface area contributed by atoms with Crippen LogP contribution in [0.3, 0.4) is 0 Å². The molecule has 0 aliphatic heterocycles. The second kappa shape index (κ2) is 4.78. The van der Waals surface area contributed by atoms with E-state index in [0.717, 1.165) is 16.9 Å². The fraction of sp³-hybridized carbons (Fsp3) is 0.333. The molecule has 0 N–H and O–H groups in total. The van der Waals surface area contributed by atoms with Gasteiger partial charge in [0.25, 0.3) is 5.78 Å². The van der Waals surface area contributed by atoms with Gasteiger partial charge in [0.15, 0.2) is 0 Å². The zero-order chi connectivity index (χ0) is 13.4. The van der Waals surface area contributed by atoms with Crippen molar-refractivity contribution in [1.82, 2.24) is 0 Å². The minimum Gasteiger partial charge on any atom is -0.460 e. The zero-order valence-corrected chi connectivity index (χ0v) is 11.4. The predicted octanol–water partition coefficient (Wildman–Crippen LogP) is 2.84. The predicted molar refractivity (Wildman–Crippen MR) is 73.6 cm³/mol. The van der Waals surface area contributed by atoms with Crippen LogP contribution in [0.5, 0.6) is 0 Å². The third-order valence-corrected chi connectivity index (χ3v) is 4.51. The van der Waals surface area contributed by atoms with Crippen LogP contribution in [-0.4, -0.2) is 18.4 Å². The Balaban J connectivity index is 2.01. The molecule has 2 aliphatic rings. The molecule has 1 aromatic rings. The average molecular weight is 274 g/mol. The number of carbonyl (C=O) groups excluding carboxylic acids is 2. The van der Waals surface area contributed by atoms with Crippen molar-refractivity contribution in [1.29, 1.82) is 0 Å². The van der Waals surface area contributed by atoms with Crippen molar-refractivity contribution in [2.75, 3.05) is 6.61 Å². The van der Waals surface area contributed by atoms with Crippen LogP contribution in [-0.2, 0) is 14.3 Å². The Hall–Kier alpha value is -1.68. The summed E-state index contributed by atoms with van der Waals surface area (Å²) >= 11 is 1.61. The van der Waals surface area contributed by atoms with E-state index in [9.17, 15) is 9.59 Å². The van der Waals surface area contributed by atoms with Crippen LogP contribution in [0, 0.1) is 11.8 Å². The number of Topliss-reactive ketones (excluding diaryl/α,β-unsaturated/α-hetero) is 1. The lowest BCUT2D eigenvalue weighted by Crippen LogP contribution is -2.22. The van der Waals surface area contributed by atoms with E-state index < -0.39 is 11.8 Å². The Morgan fingerprint density at radius 1 is 1.37 bits per heavy atom. The molecule has 2 unspecified atom stereocenters. The molecule has 0 amide bonds. The highest BCUT2D eigenvalue weighted by atomic mass is 32.1. The molecule has 4 heteroatoms. The summed E-state index contributed by atoms with van der Waals surface area (Å²) in [5, 5.41) is 1.99. The average Bonchev–Trinajstić information content (AvgIpc) is 3.13. The molecule has 19 heavy (non-hydrogen) atoms. The maximum atomic E-state index is 12.3. The molecule has 98 valence electrons. The Morgan fingerprint density at radius 3 is 2.84 bits per heavy atom. The highest BCUT2D eigenvalue weighted by Crippen LogP contribution is 2.49. The minimum absolute atomic E-state index is 0.0824. The molecule has 2 aliphatic carbocycles. The number of allylic oxidation sites excluding steroid dienone is 3. The Morgan fingerprint density at radius 2 is 2.16 bits per heavy atom. The van der Waals surface area contributed by atoms with Gasteiger partial charge in [0, 0.05) is 22.3 Å². The summed E-state index contributed by atoms with van der Waals surface area (Å²) in [6.45, 7) is 1.94. The van der Waals surface area contributed by atoms with Gasteiger partial charge in [-0.1, -0.05) is 18.2 Å². The standard InChI is InChI=1S/C15H14O3S/c1-2-18-15(17)14(16)13-10-6-5-9(8-10)12(13)11-4-3-7-19-11/h3-7,9-10H,2,8H2,1H3. The number of hydrogen-bond donors (Lipinski definition) is 0. The third kappa shape index (κ3) is 1.96. The first-order chi connectivity index (χ1) is 9.22. The molecule has 0 fully saturated rings. The van der Waals surface area contributed by atoms with Crippen LogP contribution in [0.1, 0.15) is 18.2 Å². The Labute approximate surface area is 115 Å². The van der Waals surface area contributed by atoms with Crippen molar-refractivity contribution < 1.29 is 14.3 Å². The molecular weight excluding hydrogens is 260 g/mol. The van der Waals surface area contributed by atoms with E-state index in [2.05, 4.69) is 6.08 Å². The maximum absolute atomic E-state index is 12.3. The number of thiophene rings is 1. The van der Waals surface area contributed by atoms with E-state index >= 15 is 0 Å². The lowest BCUT2D eigenvalue weighted by molar-refractivity contribution is -0.151. The van der Waals surface area contributed by atoms with Gasteiger partial charge in [-0.3, -0.25) is 4.79 Å². The molecule has 1 aromatic heterocycles. The van der Waals surface area contributed by atoms with E-state index in [-0.39, 0.29) is 18.4 Å². The van der Waals surface area contributed by atoms with Gasteiger partial charge in [0.05, 0.1) is 6.61 Å². The smallest absolute Gasteiger partial charge is 0.379 e. The molecule has 2 bridgehead atoms. The number of rotatable bonds is 4. The van der Waals surface area contributed by atoms with Crippen molar-refractivity contribution in [3.63, 3.8) is 0 Å². The lowest BCUT2D eigenvalue weighted by Gasteiger charge is -2.13. The van der Waals surface area contributed by atoms with Crippen molar-refractivity contribution >= 4 is 28.7 Å². The van der Waals surface area contributed by atoms with Gasteiger partial charge in [-0.2, -0.15) is 0 Å². The molecule has 3 nitrogen and oxygen atoms in total. The summed E-state index contributed by atoms with van der Waals surface area (Å²) in [6.07, 6.45) is 5.09. The van der Waals surface area contributed by atoms with Crippen LogP contribution >= 0.6 is 11.3 Å². The van der Waals surface area contributed by atoms with E-state index in [0.29, 0.717) is 5.57 Å². The van der Waals surface area contributed by atoms with Crippen LogP contribution in [0.15, 0.2) is 35.2 Å². The second-order valence-corrected chi connectivity index (χ2v) is 5.64. The quantitative estimate of drug-likeness (QED) is 0.482. The van der Waals surface area contributed by atoms with Gasteiger partial charge in [0.2, 0.25) is 0 Å². The highest BCUT2D eigenvalue weighted by molar-refractivity contribution is 7.11. The van der Waals surface area contributed by atoms with Gasteiger partial charge in [-0.15, -0.1) is 11.3 Å². The summed E-state index contributed by atoms with van der Waals surface area (Å²) in [6, 6.07) is 3.97. The molecule has 3 rings (SSSR count). The maximum Gasteiger partial charge on any atom is 0.379 e. The first-order valence-corrected chi connectivity index (χ1v) is 7.28. The summed E-state index contributed by atoms with van der Waals surface area (Å²) in [5.41, 5.74) is 1.67. The van der Waals surface area contributed by atoms with Crippen molar-refractivity contribution in [3.05, 3.63) is 40.1 Å². The summed E-state index contributed by atoms with van der Waals surface area (Å²) < 4.78 is 4.85. The number of ketones is 1. The van der Waals surface area contributed by atoms with Crippen LogP contribution in [0.25, 0.3) is 5.57 Å². The molecule has 0 aromatic carbocycles. The zero-order valence-electron chi connectivity index (χ0n) is 10.6. The number of hydrogen-bond acceptors (Lipinski definition) is 4. The van der Waals surface area contributed by atoms with E-state index in [4.69, 9.17) is 4.74 Å². The van der Waals surface area contributed by atoms with Gasteiger partial charge < -0.3 is 4.74 Å². The number of carbonyl (C=O) groups is 2. The molecule has 0 radical (unpaired) electrons. The largest absolute Gasteiger partial charge is 0.460 e. The van der Waals surface area contributed by atoms with Crippen molar-refractivity contribution in [2.45, 2.75) is 13.3 Å². The van der Waals surface area contributed by atoms with Gasteiger partial charge in [-0.25, -0.2) is 4.79 Å². The minimum atomic E-state index is -0.729. The van der Waals surface area contributed by atoms with E-state index in [1.54, 1.807) is 18.3 Å². The molecule has 0 spiro atoms. The number of ether oxygens (including phenoxy) is 1. The fourth-order valence-corrected chi connectivity index (χ4v) is 3.72. The molecule has 1 heterocycles. The van der Waals surface area contributed by atoms with Gasteiger partial charge in [-0.05, 0) is 30.4 Å². The molecule has 0 saturated carbocycles. The van der Waals surface area contributed by atoms with Crippen LogP contribution in [0.4, 0.5) is 0 Å². The Bertz CT molecular complexity index is 581. The van der Waals surface area contributed by atoms with E-state index in [1.807, 2.05) is 23.6 Å². The van der Waals surface area contributed by atoms with Crippen molar-refractivity contribution in [2.24, 2.45) is 11.8 Å². The summed E-state index contributed by atoms with van der Waals surface area (Å²) in [5.74, 6) is -0.842. The summed E-state index contributed by atoms with van der Waals surface area (Å²) in [4.78, 5) is 25.1. The fourth-order valence-electron chi connectivity index (χ4n) is 2.87. The third-order valence-electron chi connectivity index (χ3n) is 3.61. The van der Waals surface area contributed by atoms with Gasteiger partial charge in [0.1, 0.15) is 0 Å². The second-order valence-electron chi connectivity index (χ2n) is 4.69. The van der Waals surface area contributed by atoms with Gasteiger partial charge >= 0.3 is 5.97 Å². The molecule has 0 saturated heterocycles. The topological polar surface area (TPSA) is 43.4 Å². The normalized spacial score (nSPS) is 24.1. The first kappa shape index (κ1) is 12.4. The molecular formula is C15H14O3S. The van der Waals surface area contributed by atoms with Crippen LogP contribution in [0.2, 0.25) is 0 Å². The van der Waals surface area contributed by atoms with Crippen LogP contribution < -0.4 is 0 Å². The van der Waals surface area contributed by atoms with Crippen molar-refractivity contribution in [3.8, 4) is 0 Å².